The molecule has 1 fully saturated rings. The lowest BCUT2D eigenvalue weighted by molar-refractivity contribution is -0.128. The fraction of sp³-hybridized carbons (Fsp3) is 0.833. The van der Waals surface area contributed by atoms with Crippen molar-refractivity contribution >= 4 is 11.8 Å². The average Bonchev–Trinajstić information content (AvgIpc) is 2.38. The third-order valence-electron chi connectivity index (χ3n) is 3.24. The van der Waals surface area contributed by atoms with E-state index in [1.165, 1.54) is 0 Å². The van der Waals surface area contributed by atoms with Gasteiger partial charge in [0.1, 0.15) is 6.04 Å². The molecule has 1 heterocycles. The second-order valence-electron chi connectivity index (χ2n) is 4.76. The molecule has 104 valence electrons. The van der Waals surface area contributed by atoms with Crippen LogP contribution in [0.25, 0.3) is 0 Å². The summed E-state index contributed by atoms with van der Waals surface area (Å²) in [5.41, 5.74) is 0. The molecule has 0 aromatic heterocycles. The summed E-state index contributed by atoms with van der Waals surface area (Å²) in [4.78, 5) is 26.9. The summed E-state index contributed by atoms with van der Waals surface area (Å²) in [6.45, 7) is 3.23. The fourth-order valence-corrected chi connectivity index (χ4v) is 2.10. The van der Waals surface area contributed by atoms with Gasteiger partial charge in [-0.3, -0.25) is 14.5 Å². The molecule has 1 atom stereocenters. The SMILES string of the molecule is CNC(=O)C1CNCCN1CCCC(=O)N(C)C. The number of hydrogen-bond donors (Lipinski definition) is 2. The molecule has 6 heteroatoms. The minimum Gasteiger partial charge on any atom is -0.358 e. The van der Waals surface area contributed by atoms with E-state index in [0.29, 0.717) is 13.0 Å². The van der Waals surface area contributed by atoms with Gasteiger partial charge in [0, 0.05) is 47.2 Å². The number of nitrogens with zero attached hydrogens (tertiary/aromatic N) is 2. The first-order chi connectivity index (χ1) is 8.56. The number of likely N-dealkylation sites (N-methyl/N-ethyl adjacent to an activating group) is 1. The third-order valence-corrected chi connectivity index (χ3v) is 3.24. The van der Waals surface area contributed by atoms with E-state index in [9.17, 15) is 9.59 Å². The van der Waals surface area contributed by atoms with E-state index in [1.807, 2.05) is 0 Å². The lowest BCUT2D eigenvalue weighted by Crippen LogP contribution is -2.57. The van der Waals surface area contributed by atoms with Gasteiger partial charge in [0.05, 0.1) is 0 Å². The Labute approximate surface area is 109 Å². The van der Waals surface area contributed by atoms with Crippen LogP contribution in [-0.2, 0) is 9.59 Å². The summed E-state index contributed by atoms with van der Waals surface area (Å²) in [5.74, 6) is 0.183. The van der Waals surface area contributed by atoms with Crippen LogP contribution >= 0.6 is 0 Å². The summed E-state index contributed by atoms with van der Waals surface area (Å²) in [5, 5.41) is 5.91. The highest BCUT2D eigenvalue weighted by atomic mass is 16.2. The second-order valence-corrected chi connectivity index (χ2v) is 4.76. The molecule has 1 aliphatic heterocycles. The number of piperazine rings is 1. The molecule has 2 N–H and O–H groups in total. The van der Waals surface area contributed by atoms with Gasteiger partial charge in [-0.2, -0.15) is 0 Å². The van der Waals surface area contributed by atoms with Crippen molar-refractivity contribution in [3.05, 3.63) is 0 Å². The number of carbonyl (C=O) groups excluding carboxylic acids is 2. The highest BCUT2D eigenvalue weighted by Gasteiger charge is 2.27. The van der Waals surface area contributed by atoms with Gasteiger partial charge in [0.2, 0.25) is 11.8 Å². The van der Waals surface area contributed by atoms with Gasteiger partial charge in [0.25, 0.3) is 0 Å². The highest BCUT2D eigenvalue weighted by Crippen LogP contribution is 2.06. The Kier molecular flexibility index (Phi) is 6.07. The first-order valence-corrected chi connectivity index (χ1v) is 6.42. The lowest BCUT2D eigenvalue weighted by atomic mass is 10.1. The van der Waals surface area contributed by atoms with Crippen LogP contribution in [0.3, 0.4) is 0 Å². The first-order valence-electron chi connectivity index (χ1n) is 6.42. The van der Waals surface area contributed by atoms with Crippen molar-refractivity contribution in [2.24, 2.45) is 0 Å². The summed E-state index contributed by atoms with van der Waals surface area (Å²) in [6.07, 6.45) is 1.34. The van der Waals surface area contributed by atoms with E-state index < -0.39 is 0 Å². The largest absolute Gasteiger partial charge is 0.358 e. The van der Waals surface area contributed by atoms with Crippen LogP contribution in [0, 0.1) is 0 Å². The molecule has 2 amide bonds. The van der Waals surface area contributed by atoms with Crippen LogP contribution in [0.1, 0.15) is 12.8 Å². The molecule has 0 spiro atoms. The monoisotopic (exact) mass is 256 g/mol. The zero-order valence-corrected chi connectivity index (χ0v) is 11.5. The Hall–Kier alpha value is -1.14. The molecule has 1 aliphatic rings. The molecule has 18 heavy (non-hydrogen) atoms. The van der Waals surface area contributed by atoms with E-state index in [-0.39, 0.29) is 17.9 Å². The number of rotatable bonds is 5. The fourth-order valence-electron chi connectivity index (χ4n) is 2.10. The predicted molar refractivity (Wildman–Crippen MR) is 70.2 cm³/mol. The molecule has 1 saturated heterocycles. The van der Waals surface area contributed by atoms with Crippen molar-refractivity contribution in [2.45, 2.75) is 18.9 Å². The zero-order valence-electron chi connectivity index (χ0n) is 11.5. The van der Waals surface area contributed by atoms with E-state index in [1.54, 1.807) is 26.0 Å². The van der Waals surface area contributed by atoms with Gasteiger partial charge in [-0.25, -0.2) is 0 Å². The lowest BCUT2D eigenvalue weighted by Gasteiger charge is -2.34. The van der Waals surface area contributed by atoms with Crippen molar-refractivity contribution in [2.75, 3.05) is 47.3 Å². The van der Waals surface area contributed by atoms with Crippen LogP contribution in [0.5, 0.6) is 0 Å². The second kappa shape index (κ2) is 7.33. The van der Waals surface area contributed by atoms with Crippen molar-refractivity contribution < 1.29 is 9.59 Å². The zero-order chi connectivity index (χ0) is 13.5. The third kappa shape index (κ3) is 4.27. The van der Waals surface area contributed by atoms with Gasteiger partial charge in [-0.05, 0) is 13.0 Å². The van der Waals surface area contributed by atoms with Crippen LogP contribution in [0.4, 0.5) is 0 Å². The molecular weight excluding hydrogens is 232 g/mol. The van der Waals surface area contributed by atoms with Crippen LogP contribution in [-0.4, -0.2) is 75.0 Å². The molecule has 0 saturated carbocycles. The molecule has 0 bridgehead atoms. The normalized spacial score (nSPS) is 20.5. The Balaban J connectivity index is 2.38. The standard InChI is InChI=1S/C12H24N4O2/c1-13-12(18)10-9-14-6-8-16(10)7-4-5-11(17)15(2)3/h10,14H,4-9H2,1-3H3,(H,13,18). The van der Waals surface area contributed by atoms with Gasteiger partial charge in [0.15, 0.2) is 0 Å². The van der Waals surface area contributed by atoms with E-state index in [2.05, 4.69) is 15.5 Å². The van der Waals surface area contributed by atoms with Gasteiger partial charge in [-0.1, -0.05) is 0 Å². The van der Waals surface area contributed by atoms with Gasteiger partial charge >= 0.3 is 0 Å². The van der Waals surface area contributed by atoms with Crippen molar-refractivity contribution in [1.82, 2.24) is 20.4 Å². The van der Waals surface area contributed by atoms with Gasteiger partial charge < -0.3 is 15.5 Å². The summed E-state index contributed by atoms with van der Waals surface area (Å²) in [7, 11) is 5.19. The number of carbonyl (C=O) groups is 2. The Morgan fingerprint density at radius 1 is 1.44 bits per heavy atom. The van der Waals surface area contributed by atoms with Crippen LogP contribution < -0.4 is 10.6 Å². The number of amides is 2. The molecule has 6 nitrogen and oxygen atoms in total. The summed E-state index contributed by atoms with van der Waals surface area (Å²) in [6, 6.07) is -0.113. The molecular formula is C12H24N4O2. The van der Waals surface area contributed by atoms with E-state index in [0.717, 1.165) is 26.1 Å². The maximum absolute atomic E-state index is 11.7. The Morgan fingerprint density at radius 3 is 2.78 bits per heavy atom. The molecule has 0 radical (unpaired) electrons. The first kappa shape index (κ1) is 14.9. The van der Waals surface area contributed by atoms with E-state index >= 15 is 0 Å². The van der Waals surface area contributed by atoms with Crippen LogP contribution in [0.15, 0.2) is 0 Å². The maximum Gasteiger partial charge on any atom is 0.238 e. The summed E-state index contributed by atoms with van der Waals surface area (Å²) >= 11 is 0. The van der Waals surface area contributed by atoms with Crippen LogP contribution in [0.2, 0.25) is 0 Å². The number of hydrogen-bond acceptors (Lipinski definition) is 4. The molecule has 0 aromatic carbocycles. The number of nitrogens with one attached hydrogen (secondary N) is 2. The topological polar surface area (TPSA) is 64.7 Å². The predicted octanol–water partition coefficient (Wildman–Crippen LogP) is -1.13. The average molecular weight is 256 g/mol. The minimum atomic E-state index is -0.113. The minimum absolute atomic E-state index is 0.0427. The molecule has 1 unspecified atom stereocenters. The van der Waals surface area contributed by atoms with E-state index in [4.69, 9.17) is 0 Å². The highest BCUT2D eigenvalue weighted by molar-refractivity contribution is 5.81. The molecule has 0 aliphatic carbocycles. The summed E-state index contributed by atoms with van der Waals surface area (Å²) < 4.78 is 0. The quantitative estimate of drug-likeness (QED) is 0.654. The molecule has 1 rings (SSSR count). The smallest absolute Gasteiger partial charge is 0.238 e. The van der Waals surface area contributed by atoms with Crippen molar-refractivity contribution in [1.29, 1.82) is 0 Å². The maximum atomic E-state index is 11.7. The molecule has 0 aromatic rings. The Bertz CT molecular complexity index is 294. The van der Waals surface area contributed by atoms with Crippen molar-refractivity contribution in [3.8, 4) is 0 Å². The van der Waals surface area contributed by atoms with Crippen molar-refractivity contribution in [3.63, 3.8) is 0 Å². The Morgan fingerprint density at radius 2 is 2.17 bits per heavy atom. The van der Waals surface area contributed by atoms with Gasteiger partial charge in [-0.15, -0.1) is 0 Å².